The maximum Gasteiger partial charge on any atom is 0.252 e. The third kappa shape index (κ3) is 3.77. The summed E-state index contributed by atoms with van der Waals surface area (Å²) < 4.78 is 22.6. The summed E-state index contributed by atoms with van der Waals surface area (Å²) in [6.07, 6.45) is 4.76. The lowest BCUT2D eigenvalue weighted by atomic mass is 10.2. The minimum absolute atomic E-state index is 0.0654. The molecule has 0 unspecified atom stereocenters. The van der Waals surface area contributed by atoms with Crippen molar-refractivity contribution in [3.05, 3.63) is 16.5 Å². The van der Waals surface area contributed by atoms with Crippen LogP contribution in [0.15, 0.2) is 9.59 Å². The molecule has 0 radical (unpaired) electrons. The van der Waals surface area contributed by atoms with E-state index in [9.17, 15) is 13.2 Å². The first-order valence-electron chi connectivity index (χ1n) is 6.28. The summed E-state index contributed by atoms with van der Waals surface area (Å²) in [6, 6.07) is 0. The Labute approximate surface area is 117 Å². The zero-order valence-electron chi connectivity index (χ0n) is 10.8. The lowest BCUT2D eigenvalue weighted by molar-refractivity contribution is 0.0952. The molecule has 0 aromatic carbocycles. The second kappa shape index (κ2) is 5.60. The summed E-state index contributed by atoms with van der Waals surface area (Å²) in [4.78, 5) is 11.9. The normalized spacial score (nSPS) is 15.5. The number of carbonyl (C=O) groups excluding carboxylic acids is 1. The fourth-order valence-corrected chi connectivity index (χ4v) is 4.01. The summed E-state index contributed by atoms with van der Waals surface area (Å²) in [6.45, 7) is 2.24. The van der Waals surface area contributed by atoms with Crippen LogP contribution in [0.25, 0.3) is 0 Å². The maximum absolute atomic E-state index is 11.9. The van der Waals surface area contributed by atoms with E-state index in [0.29, 0.717) is 17.7 Å². The molecule has 19 heavy (non-hydrogen) atoms. The van der Waals surface area contributed by atoms with Gasteiger partial charge >= 0.3 is 0 Å². The van der Waals surface area contributed by atoms with Crippen LogP contribution in [-0.4, -0.2) is 20.9 Å². The van der Waals surface area contributed by atoms with E-state index < -0.39 is 10.0 Å². The van der Waals surface area contributed by atoms with Crippen LogP contribution in [0.4, 0.5) is 0 Å². The van der Waals surface area contributed by atoms with E-state index in [-0.39, 0.29) is 10.1 Å². The van der Waals surface area contributed by atoms with Crippen LogP contribution in [0.3, 0.4) is 0 Å². The third-order valence-electron chi connectivity index (χ3n) is 3.27. The predicted molar refractivity (Wildman–Crippen MR) is 74.7 cm³/mol. The fourth-order valence-electron chi connectivity index (χ4n) is 2.00. The maximum atomic E-state index is 11.9. The molecule has 0 aliphatic heterocycles. The number of sulfonamides is 1. The Kier molecular flexibility index (Phi) is 4.27. The predicted octanol–water partition coefficient (Wildman–Crippen LogP) is 1.62. The molecule has 1 aromatic rings. The highest BCUT2D eigenvalue weighted by Gasteiger charge is 2.22. The first kappa shape index (κ1) is 14.5. The zero-order chi connectivity index (χ0) is 14.0. The van der Waals surface area contributed by atoms with Gasteiger partial charge in [0.15, 0.2) is 0 Å². The molecular weight excluding hydrogens is 284 g/mol. The van der Waals surface area contributed by atoms with E-state index in [2.05, 4.69) is 5.32 Å². The Morgan fingerprint density at radius 2 is 2.21 bits per heavy atom. The van der Waals surface area contributed by atoms with Gasteiger partial charge in [0.05, 0.1) is 5.56 Å². The minimum Gasteiger partial charge on any atom is -0.352 e. The molecule has 0 saturated heterocycles. The van der Waals surface area contributed by atoms with Crippen LogP contribution in [0, 0.1) is 12.8 Å². The Balaban J connectivity index is 1.93. The summed E-state index contributed by atoms with van der Waals surface area (Å²) in [5.74, 6) is 0.633. The lowest BCUT2D eigenvalue weighted by Crippen LogP contribution is -2.25. The molecule has 1 aromatic heterocycles. The van der Waals surface area contributed by atoms with E-state index in [1.54, 1.807) is 12.3 Å². The number of hydrogen-bond donors (Lipinski definition) is 2. The van der Waals surface area contributed by atoms with Gasteiger partial charge in [0.1, 0.15) is 4.21 Å². The summed E-state index contributed by atoms with van der Waals surface area (Å²) >= 11 is 0.992. The number of thiophene rings is 1. The molecule has 3 N–H and O–H groups in total. The molecule has 1 aliphatic carbocycles. The van der Waals surface area contributed by atoms with Crippen LogP contribution in [0.5, 0.6) is 0 Å². The highest BCUT2D eigenvalue weighted by molar-refractivity contribution is 7.91. The molecule has 2 rings (SSSR count). The van der Waals surface area contributed by atoms with Crippen molar-refractivity contribution in [2.24, 2.45) is 11.1 Å². The standard InChI is InChI=1S/C12H18N2O3S2/c1-8-10(7-18-12(8)19(13,16)17)11(15)14-6-2-3-9-4-5-9/h7,9H,2-6H2,1H3,(H,14,15)(H2,13,16,17). The van der Waals surface area contributed by atoms with Crippen molar-refractivity contribution in [3.63, 3.8) is 0 Å². The Morgan fingerprint density at radius 1 is 1.53 bits per heavy atom. The molecule has 1 amide bonds. The average molecular weight is 302 g/mol. The SMILES string of the molecule is Cc1c(C(=O)NCCCC2CC2)csc1S(N)(=O)=O. The van der Waals surface area contributed by atoms with Gasteiger partial charge in [-0.3, -0.25) is 4.79 Å². The van der Waals surface area contributed by atoms with E-state index in [1.165, 1.54) is 12.8 Å². The molecule has 0 bridgehead atoms. The number of amides is 1. The summed E-state index contributed by atoms with van der Waals surface area (Å²) in [5, 5.41) is 9.45. The first-order valence-corrected chi connectivity index (χ1v) is 8.71. The van der Waals surface area contributed by atoms with Gasteiger partial charge in [0.25, 0.3) is 5.91 Å². The van der Waals surface area contributed by atoms with Crippen LogP contribution in [-0.2, 0) is 10.0 Å². The van der Waals surface area contributed by atoms with Gasteiger partial charge < -0.3 is 5.32 Å². The van der Waals surface area contributed by atoms with Gasteiger partial charge in [0, 0.05) is 11.9 Å². The average Bonchev–Trinajstić information content (AvgIpc) is 3.04. The highest BCUT2D eigenvalue weighted by atomic mass is 32.2. The van der Waals surface area contributed by atoms with Gasteiger partial charge in [-0.05, 0) is 31.2 Å². The number of nitrogens with one attached hydrogen (secondary N) is 1. The van der Waals surface area contributed by atoms with Gasteiger partial charge in [-0.2, -0.15) is 0 Å². The topological polar surface area (TPSA) is 89.3 Å². The first-order chi connectivity index (χ1) is 8.89. The number of rotatable bonds is 6. The van der Waals surface area contributed by atoms with Gasteiger partial charge in [-0.1, -0.05) is 12.8 Å². The molecular formula is C12H18N2O3S2. The molecule has 1 heterocycles. The van der Waals surface area contributed by atoms with Crippen LogP contribution < -0.4 is 10.5 Å². The van der Waals surface area contributed by atoms with E-state index >= 15 is 0 Å². The second-order valence-electron chi connectivity index (χ2n) is 4.95. The summed E-state index contributed by atoms with van der Waals surface area (Å²) in [5.41, 5.74) is 0.840. The summed E-state index contributed by atoms with van der Waals surface area (Å²) in [7, 11) is -3.74. The van der Waals surface area contributed by atoms with Gasteiger partial charge in [0.2, 0.25) is 10.0 Å². The second-order valence-corrected chi connectivity index (χ2v) is 7.58. The third-order valence-corrected chi connectivity index (χ3v) is 5.95. The monoisotopic (exact) mass is 302 g/mol. The highest BCUT2D eigenvalue weighted by Crippen LogP contribution is 2.33. The smallest absolute Gasteiger partial charge is 0.252 e. The molecule has 1 aliphatic rings. The largest absolute Gasteiger partial charge is 0.352 e. The van der Waals surface area contributed by atoms with Crippen LogP contribution in [0.1, 0.15) is 41.6 Å². The van der Waals surface area contributed by atoms with Crippen molar-refractivity contribution in [3.8, 4) is 0 Å². The Hall–Kier alpha value is -0.920. The molecule has 1 fully saturated rings. The zero-order valence-corrected chi connectivity index (χ0v) is 12.4. The molecule has 5 nitrogen and oxygen atoms in total. The molecule has 106 valence electrons. The molecule has 1 saturated carbocycles. The van der Waals surface area contributed by atoms with Crippen molar-refractivity contribution in [2.45, 2.75) is 36.8 Å². The fraction of sp³-hybridized carbons (Fsp3) is 0.583. The quantitative estimate of drug-likeness (QED) is 0.783. The van der Waals surface area contributed by atoms with Crippen molar-refractivity contribution < 1.29 is 13.2 Å². The van der Waals surface area contributed by atoms with Crippen molar-refractivity contribution >= 4 is 27.3 Å². The van der Waals surface area contributed by atoms with Gasteiger partial charge in [-0.25, -0.2) is 13.6 Å². The van der Waals surface area contributed by atoms with E-state index in [4.69, 9.17) is 5.14 Å². The Morgan fingerprint density at radius 3 is 2.74 bits per heavy atom. The van der Waals surface area contributed by atoms with Crippen molar-refractivity contribution in [2.75, 3.05) is 6.54 Å². The lowest BCUT2D eigenvalue weighted by Gasteiger charge is -2.04. The number of primary sulfonamides is 1. The number of nitrogens with two attached hydrogens (primary N) is 1. The van der Waals surface area contributed by atoms with Crippen molar-refractivity contribution in [1.29, 1.82) is 0 Å². The molecule has 0 atom stereocenters. The molecule has 0 spiro atoms. The van der Waals surface area contributed by atoms with E-state index in [1.807, 2.05) is 0 Å². The molecule has 7 heteroatoms. The van der Waals surface area contributed by atoms with Crippen LogP contribution in [0.2, 0.25) is 0 Å². The van der Waals surface area contributed by atoms with Crippen LogP contribution >= 0.6 is 11.3 Å². The number of hydrogen-bond acceptors (Lipinski definition) is 4. The Bertz CT molecular complexity index is 574. The number of carbonyl (C=O) groups is 1. The van der Waals surface area contributed by atoms with Gasteiger partial charge in [-0.15, -0.1) is 11.3 Å². The van der Waals surface area contributed by atoms with E-state index in [0.717, 1.165) is 30.1 Å². The van der Waals surface area contributed by atoms with Crippen molar-refractivity contribution in [1.82, 2.24) is 5.32 Å². The minimum atomic E-state index is -3.74.